The largest absolute Gasteiger partial charge is 0.368 e. The Balaban J connectivity index is 1.52. The molecule has 0 spiro atoms. The van der Waals surface area contributed by atoms with Crippen molar-refractivity contribution in [3.63, 3.8) is 0 Å². The van der Waals surface area contributed by atoms with Crippen molar-refractivity contribution < 1.29 is 14.3 Å². The Morgan fingerprint density at radius 3 is 2.68 bits per heavy atom. The second kappa shape index (κ2) is 6.92. The zero-order valence-electron chi connectivity index (χ0n) is 12.7. The maximum Gasteiger partial charge on any atom is 0.249 e. The van der Waals surface area contributed by atoms with Crippen LogP contribution in [0.15, 0.2) is 24.3 Å². The smallest absolute Gasteiger partial charge is 0.249 e. The van der Waals surface area contributed by atoms with E-state index in [0.29, 0.717) is 19.6 Å². The van der Waals surface area contributed by atoms with E-state index < -0.39 is 0 Å². The van der Waals surface area contributed by atoms with Crippen LogP contribution in [0, 0.1) is 0 Å². The monoisotopic (exact) mass is 302 g/mol. The molecule has 118 valence electrons. The van der Waals surface area contributed by atoms with E-state index in [-0.39, 0.29) is 17.9 Å². The normalized spacial score (nSPS) is 21.9. The van der Waals surface area contributed by atoms with Crippen LogP contribution in [-0.4, -0.2) is 31.1 Å². The number of benzene rings is 1. The van der Waals surface area contributed by atoms with Crippen LogP contribution in [0.3, 0.4) is 0 Å². The summed E-state index contributed by atoms with van der Waals surface area (Å²) < 4.78 is 5.47. The Labute approximate surface area is 130 Å². The Morgan fingerprint density at radius 1 is 1.23 bits per heavy atom. The first-order valence-corrected chi connectivity index (χ1v) is 8.03. The van der Waals surface area contributed by atoms with Crippen molar-refractivity contribution >= 4 is 17.5 Å². The molecule has 5 nitrogen and oxygen atoms in total. The van der Waals surface area contributed by atoms with E-state index >= 15 is 0 Å². The second-order valence-electron chi connectivity index (χ2n) is 5.89. The van der Waals surface area contributed by atoms with E-state index in [1.165, 1.54) is 0 Å². The summed E-state index contributed by atoms with van der Waals surface area (Å²) in [6.07, 6.45) is 4.17. The van der Waals surface area contributed by atoms with Crippen molar-refractivity contribution in [2.24, 2.45) is 0 Å². The van der Waals surface area contributed by atoms with Gasteiger partial charge in [-0.15, -0.1) is 0 Å². The number of amides is 2. The van der Waals surface area contributed by atoms with E-state index in [1.54, 1.807) is 0 Å². The SMILES string of the molecule is O=C(NCc1ccc(N2CCCC2=O)cc1)[C@@H]1CCCCO1. The average Bonchev–Trinajstić information content (AvgIpc) is 3.00. The lowest BCUT2D eigenvalue weighted by atomic mass is 10.1. The number of rotatable bonds is 4. The fourth-order valence-electron chi connectivity index (χ4n) is 2.97. The molecule has 22 heavy (non-hydrogen) atoms. The number of nitrogens with one attached hydrogen (secondary N) is 1. The van der Waals surface area contributed by atoms with Crippen LogP contribution in [-0.2, 0) is 20.9 Å². The molecule has 1 N–H and O–H groups in total. The van der Waals surface area contributed by atoms with E-state index in [1.807, 2.05) is 29.2 Å². The van der Waals surface area contributed by atoms with Crippen LogP contribution < -0.4 is 10.2 Å². The lowest BCUT2D eigenvalue weighted by Crippen LogP contribution is -2.37. The molecule has 5 heteroatoms. The summed E-state index contributed by atoms with van der Waals surface area (Å²) >= 11 is 0. The Bertz CT molecular complexity index is 535. The molecule has 0 bridgehead atoms. The first kappa shape index (κ1) is 15.0. The standard InChI is InChI=1S/C17H22N2O3/c20-16-5-3-10-19(16)14-8-6-13(7-9-14)12-18-17(21)15-4-1-2-11-22-15/h6-9,15H,1-5,10-12H2,(H,18,21)/t15-/m0/s1. The maximum absolute atomic E-state index is 12.0. The minimum Gasteiger partial charge on any atom is -0.368 e. The van der Waals surface area contributed by atoms with Gasteiger partial charge in [0, 0.05) is 31.8 Å². The molecule has 0 aromatic heterocycles. The van der Waals surface area contributed by atoms with Crippen molar-refractivity contribution in [2.45, 2.75) is 44.8 Å². The summed E-state index contributed by atoms with van der Waals surface area (Å²) in [7, 11) is 0. The van der Waals surface area contributed by atoms with Gasteiger partial charge in [-0.3, -0.25) is 9.59 Å². The Morgan fingerprint density at radius 2 is 2.05 bits per heavy atom. The first-order valence-electron chi connectivity index (χ1n) is 8.03. The number of hydrogen-bond donors (Lipinski definition) is 1. The molecule has 0 saturated carbocycles. The molecule has 0 aliphatic carbocycles. The van der Waals surface area contributed by atoms with Crippen LogP contribution in [0.25, 0.3) is 0 Å². The lowest BCUT2D eigenvalue weighted by Gasteiger charge is -2.21. The highest BCUT2D eigenvalue weighted by Crippen LogP contribution is 2.21. The van der Waals surface area contributed by atoms with Crippen LogP contribution in [0.2, 0.25) is 0 Å². The molecule has 2 aliphatic rings. The quantitative estimate of drug-likeness (QED) is 0.925. The highest BCUT2D eigenvalue weighted by Gasteiger charge is 2.22. The second-order valence-corrected chi connectivity index (χ2v) is 5.89. The molecule has 1 atom stereocenters. The minimum absolute atomic E-state index is 0.0292. The van der Waals surface area contributed by atoms with Crippen molar-refractivity contribution in [1.29, 1.82) is 0 Å². The van der Waals surface area contributed by atoms with Crippen LogP contribution in [0.5, 0.6) is 0 Å². The van der Waals surface area contributed by atoms with Crippen molar-refractivity contribution in [3.05, 3.63) is 29.8 Å². The van der Waals surface area contributed by atoms with Gasteiger partial charge in [0.15, 0.2) is 0 Å². The Hall–Kier alpha value is -1.88. The minimum atomic E-state index is -0.296. The Kier molecular flexibility index (Phi) is 4.73. The zero-order valence-corrected chi connectivity index (χ0v) is 12.7. The van der Waals surface area contributed by atoms with E-state index in [0.717, 1.165) is 43.5 Å². The summed E-state index contributed by atoms with van der Waals surface area (Å²) in [5.74, 6) is 0.161. The molecule has 2 amide bonds. The third kappa shape index (κ3) is 3.47. The number of anilines is 1. The predicted octanol–water partition coefficient (Wildman–Crippen LogP) is 2.00. The van der Waals surface area contributed by atoms with Gasteiger partial charge in [0.1, 0.15) is 6.10 Å². The molecule has 0 radical (unpaired) electrons. The first-order chi connectivity index (χ1) is 10.7. The van der Waals surface area contributed by atoms with Crippen molar-refractivity contribution in [3.8, 4) is 0 Å². The summed E-state index contributed by atoms with van der Waals surface area (Å²) in [4.78, 5) is 25.5. The van der Waals surface area contributed by atoms with E-state index in [9.17, 15) is 9.59 Å². The fourth-order valence-corrected chi connectivity index (χ4v) is 2.97. The van der Waals surface area contributed by atoms with Crippen LogP contribution >= 0.6 is 0 Å². The third-order valence-electron chi connectivity index (χ3n) is 4.26. The highest BCUT2D eigenvalue weighted by atomic mass is 16.5. The summed E-state index contributed by atoms with van der Waals surface area (Å²) in [6, 6.07) is 7.81. The van der Waals surface area contributed by atoms with E-state index in [4.69, 9.17) is 4.74 Å². The third-order valence-corrected chi connectivity index (χ3v) is 4.26. The molecule has 2 aliphatic heterocycles. The lowest BCUT2D eigenvalue weighted by molar-refractivity contribution is -0.135. The number of ether oxygens (including phenoxy) is 1. The van der Waals surface area contributed by atoms with Gasteiger partial charge in [-0.25, -0.2) is 0 Å². The number of carbonyl (C=O) groups is 2. The molecule has 2 heterocycles. The van der Waals surface area contributed by atoms with Gasteiger partial charge >= 0.3 is 0 Å². The molecule has 2 saturated heterocycles. The number of nitrogens with zero attached hydrogens (tertiary/aromatic N) is 1. The summed E-state index contributed by atoms with van der Waals surface area (Å²) in [6.45, 7) is 1.97. The van der Waals surface area contributed by atoms with Gasteiger partial charge in [-0.2, -0.15) is 0 Å². The zero-order chi connectivity index (χ0) is 15.4. The molecule has 1 aromatic carbocycles. The van der Waals surface area contributed by atoms with Gasteiger partial charge in [0.2, 0.25) is 11.8 Å². The van der Waals surface area contributed by atoms with Gasteiger partial charge in [0.25, 0.3) is 0 Å². The average molecular weight is 302 g/mol. The molecule has 0 unspecified atom stereocenters. The number of hydrogen-bond acceptors (Lipinski definition) is 3. The van der Waals surface area contributed by atoms with Crippen LogP contribution in [0.1, 0.15) is 37.7 Å². The molecule has 3 rings (SSSR count). The predicted molar refractivity (Wildman–Crippen MR) is 83.5 cm³/mol. The van der Waals surface area contributed by atoms with Gasteiger partial charge < -0.3 is 15.0 Å². The molecular weight excluding hydrogens is 280 g/mol. The molecule has 1 aromatic rings. The fraction of sp³-hybridized carbons (Fsp3) is 0.529. The highest BCUT2D eigenvalue weighted by molar-refractivity contribution is 5.95. The van der Waals surface area contributed by atoms with Crippen molar-refractivity contribution in [1.82, 2.24) is 5.32 Å². The molecular formula is C17H22N2O3. The van der Waals surface area contributed by atoms with Crippen LogP contribution in [0.4, 0.5) is 5.69 Å². The maximum atomic E-state index is 12.0. The van der Waals surface area contributed by atoms with E-state index in [2.05, 4.69) is 5.32 Å². The topological polar surface area (TPSA) is 58.6 Å². The number of carbonyl (C=O) groups excluding carboxylic acids is 2. The van der Waals surface area contributed by atoms with Gasteiger partial charge in [-0.05, 0) is 43.4 Å². The van der Waals surface area contributed by atoms with Crippen molar-refractivity contribution in [2.75, 3.05) is 18.1 Å². The van der Waals surface area contributed by atoms with Gasteiger partial charge in [0.05, 0.1) is 0 Å². The summed E-state index contributed by atoms with van der Waals surface area (Å²) in [5, 5.41) is 2.92. The molecule has 2 fully saturated rings. The van der Waals surface area contributed by atoms with Gasteiger partial charge in [-0.1, -0.05) is 12.1 Å². The summed E-state index contributed by atoms with van der Waals surface area (Å²) in [5.41, 5.74) is 1.97.